The maximum Gasteiger partial charge on any atom is 0.279 e. The first-order valence-electron chi connectivity index (χ1n) is 10.2. The van der Waals surface area contributed by atoms with Crippen LogP contribution in [0.5, 0.6) is 0 Å². The first-order valence-corrected chi connectivity index (χ1v) is 12.4. The van der Waals surface area contributed by atoms with Gasteiger partial charge in [0.25, 0.3) is 5.91 Å². The van der Waals surface area contributed by atoms with Crippen LogP contribution in [0.3, 0.4) is 0 Å². The summed E-state index contributed by atoms with van der Waals surface area (Å²) in [6, 6.07) is 6.90. The molecule has 1 fully saturated rings. The Kier molecular flexibility index (Phi) is 7.33. The Bertz CT molecular complexity index is 1060. The number of piperazine rings is 1. The van der Waals surface area contributed by atoms with E-state index in [9.17, 15) is 13.2 Å². The summed E-state index contributed by atoms with van der Waals surface area (Å²) < 4.78 is 28.3. The third-order valence-electron chi connectivity index (χ3n) is 5.88. The zero-order valence-corrected chi connectivity index (χ0v) is 20.5. The summed E-state index contributed by atoms with van der Waals surface area (Å²) in [5, 5.41) is 3.70. The van der Waals surface area contributed by atoms with Crippen molar-refractivity contribution in [3.8, 4) is 0 Å². The number of sulfonamides is 1. The molecule has 6 nitrogen and oxygen atoms in total. The average molecular weight is 485 g/mol. The van der Waals surface area contributed by atoms with Crippen LogP contribution in [-0.2, 0) is 14.8 Å². The van der Waals surface area contributed by atoms with Gasteiger partial charge in [0.05, 0.1) is 31.1 Å². The molecule has 1 amide bonds. The summed E-state index contributed by atoms with van der Waals surface area (Å²) in [5.41, 5.74) is 4.10. The lowest BCUT2D eigenvalue weighted by atomic mass is 10.0. The highest BCUT2D eigenvalue weighted by atomic mass is 35.5. The standard InChI is InChI=1S/C22H27Cl2N3O3S/c1-14-9-15(2)17(4)22(16(14)3)31(29,30)27-7-5-26(6-8-27)13-21(28)25-20-11-18(23)10-19(24)12-20/h9-12H,5-8,13H2,1-4H3,(H,25,28)/p+1. The van der Waals surface area contributed by atoms with E-state index in [1.165, 1.54) is 0 Å². The Morgan fingerprint density at radius 1 is 0.968 bits per heavy atom. The van der Waals surface area contributed by atoms with Gasteiger partial charge >= 0.3 is 0 Å². The number of aryl methyl sites for hydroxylation is 2. The molecule has 1 aliphatic rings. The minimum atomic E-state index is -3.59. The number of halogens is 2. The number of rotatable bonds is 5. The van der Waals surface area contributed by atoms with Crippen molar-refractivity contribution in [2.75, 3.05) is 38.0 Å². The summed E-state index contributed by atoms with van der Waals surface area (Å²) in [5.74, 6) is -0.161. The normalized spacial score (nSPS) is 15.8. The van der Waals surface area contributed by atoms with E-state index in [0.29, 0.717) is 46.8 Å². The molecule has 2 aromatic carbocycles. The molecule has 31 heavy (non-hydrogen) atoms. The molecule has 0 aliphatic carbocycles. The van der Waals surface area contributed by atoms with Crippen LogP contribution >= 0.6 is 23.2 Å². The van der Waals surface area contributed by atoms with Gasteiger partial charge in [-0.15, -0.1) is 0 Å². The average Bonchev–Trinajstić information content (AvgIpc) is 2.66. The Labute approximate surface area is 194 Å². The Balaban J connectivity index is 1.65. The molecule has 0 unspecified atom stereocenters. The molecule has 3 rings (SSSR count). The highest BCUT2D eigenvalue weighted by Gasteiger charge is 2.33. The number of hydrogen-bond donors (Lipinski definition) is 2. The third-order valence-corrected chi connectivity index (χ3v) is 8.49. The van der Waals surface area contributed by atoms with Crippen molar-refractivity contribution in [1.29, 1.82) is 0 Å². The van der Waals surface area contributed by atoms with Crippen LogP contribution in [0.4, 0.5) is 5.69 Å². The predicted molar refractivity (Wildman–Crippen MR) is 125 cm³/mol. The SMILES string of the molecule is Cc1cc(C)c(C)c(S(=O)(=O)N2CC[NH+](CC(=O)Nc3cc(Cl)cc(Cl)c3)CC2)c1C. The number of anilines is 1. The lowest BCUT2D eigenvalue weighted by molar-refractivity contribution is -0.895. The van der Waals surface area contributed by atoms with Gasteiger partial charge in [-0.2, -0.15) is 4.31 Å². The van der Waals surface area contributed by atoms with E-state index in [1.807, 2.05) is 33.8 Å². The zero-order chi connectivity index (χ0) is 22.9. The van der Waals surface area contributed by atoms with E-state index in [-0.39, 0.29) is 12.5 Å². The van der Waals surface area contributed by atoms with Gasteiger partial charge < -0.3 is 10.2 Å². The Hall–Kier alpha value is -1.64. The largest absolute Gasteiger partial charge is 0.325 e. The Morgan fingerprint density at radius 2 is 1.48 bits per heavy atom. The first-order chi connectivity index (χ1) is 14.5. The molecule has 1 aliphatic heterocycles. The summed E-state index contributed by atoms with van der Waals surface area (Å²) >= 11 is 11.9. The second kappa shape index (κ2) is 9.46. The van der Waals surface area contributed by atoms with E-state index in [4.69, 9.17) is 23.2 Å². The van der Waals surface area contributed by atoms with E-state index in [1.54, 1.807) is 22.5 Å². The van der Waals surface area contributed by atoms with Gasteiger partial charge in [-0.1, -0.05) is 29.3 Å². The molecule has 1 saturated heterocycles. The van der Waals surface area contributed by atoms with Gasteiger partial charge in [0.15, 0.2) is 6.54 Å². The van der Waals surface area contributed by atoms with E-state index in [0.717, 1.165) is 27.2 Å². The van der Waals surface area contributed by atoms with Gasteiger partial charge in [0, 0.05) is 15.7 Å². The number of hydrogen-bond acceptors (Lipinski definition) is 3. The monoisotopic (exact) mass is 484 g/mol. The molecule has 168 valence electrons. The van der Waals surface area contributed by atoms with Crippen molar-refractivity contribution in [1.82, 2.24) is 4.31 Å². The second-order valence-electron chi connectivity index (χ2n) is 8.13. The lowest BCUT2D eigenvalue weighted by Gasteiger charge is -2.32. The maximum absolute atomic E-state index is 13.4. The molecule has 0 bridgehead atoms. The van der Waals surface area contributed by atoms with Gasteiger partial charge in [-0.25, -0.2) is 8.42 Å². The Morgan fingerprint density at radius 3 is 2.00 bits per heavy atom. The number of benzene rings is 2. The summed E-state index contributed by atoms with van der Waals surface area (Å²) in [7, 11) is -3.59. The van der Waals surface area contributed by atoms with Crippen LogP contribution in [-0.4, -0.2) is 51.4 Å². The fraction of sp³-hybridized carbons (Fsp3) is 0.409. The van der Waals surface area contributed by atoms with Crippen LogP contribution in [0.1, 0.15) is 22.3 Å². The number of nitrogens with one attached hydrogen (secondary N) is 2. The first kappa shape index (κ1) is 24.0. The van der Waals surface area contributed by atoms with Gasteiger partial charge in [0.2, 0.25) is 10.0 Å². The van der Waals surface area contributed by atoms with Gasteiger partial charge in [-0.3, -0.25) is 4.79 Å². The number of nitrogens with zero attached hydrogens (tertiary/aromatic N) is 1. The fourth-order valence-electron chi connectivity index (χ4n) is 3.97. The van der Waals surface area contributed by atoms with Gasteiger partial charge in [-0.05, 0) is 68.1 Å². The van der Waals surface area contributed by atoms with Crippen LogP contribution < -0.4 is 10.2 Å². The molecule has 0 radical (unpaired) electrons. The number of carbonyl (C=O) groups excluding carboxylic acids is 1. The maximum atomic E-state index is 13.4. The fourth-order valence-corrected chi connectivity index (χ4v) is 6.52. The molecule has 0 saturated carbocycles. The van der Waals surface area contributed by atoms with Crippen LogP contribution in [0.2, 0.25) is 10.0 Å². The topological polar surface area (TPSA) is 70.9 Å². The third kappa shape index (κ3) is 5.41. The minimum absolute atomic E-state index is 0.161. The number of carbonyl (C=O) groups is 1. The van der Waals surface area contributed by atoms with Crippen molar-refractivity contribution in [2.45, 2.75) is 32.6 Å². The molecule has 0 atom stereocenters. The molecular weight excluding hydrogens is 457 g/mol. The molecule has 2 N–H and O–H groups in total. The van der Waals surface area contributed by atoms with Crippen molar-refractivity contribution < 1.29 is 18.1 Å². The van der Waals surface area contributed by atoms with Crippen molar-refractivity contribution >= 4 is 44.8 Å². The summed E-state index contributed by atoms with van der Waals surface area (Å²) in [6.45, 7) is 9.73. The van der Waals surface area contributed by atoms with Crippen molar-refractivity contribution in [3.63, 3.8) is 0 Å². The van der Waals surface area contributed by atoms with E-state index < -0.39 is 10.0 Å². The molecule has 2 aromatic rings. The van der Waals surface area contributed by atoms with Crippen molar-refractivity contribution in [3.05, 3.63) is 56.6 Å². The molecule has 0 aromatic heterocycles. The van der Waals surface area contributed by atoms with E-state index in [2.05, 4.69) is 5.32 Å². The number of quaternary nitrogens is 1. The second-order valence-corrected chi connectivity index (χ2v) is 10.9. The molecule has 1 heterocycles. The quantitative estimate of drug-likeness (QED) is 0.685. The van der Waals surface area contributed by atoms with Crippen LogP contribution in [0, 0.1) is 27.7 Å². The predicted octanol–water partition coefficient (Wildman–Crippen LogP) is 2.75. The molecule has 0 spiro atoms. The number of amides is 1. The highest BCUT2D eigenvalue weighted by molar-refractivity contribution is 7.89. The van der Waals surface area contributed by atoms with Crippen LogP contribution in [0.15, 0.2) is 29.2 Å². The highest BCUT2D eigenvalue weighted by Crippen LogP contribution is 2.28. The zero-order valence-electron chi connectivity index (χ0n) is 18.2. The molecule has 9 heteroatoms. The van der Waals surface area contributed by atoms with Gasteiger partial charge in [0.1, 0.15) is 0 Å². The minimum Gasteiger partial charge on any atom is -0.325 e. The smallest absolute Gasteiger partial charge is 0.279 e. The van der Waals surface area contributed by atoms with Crippen LogP contribution in [0.25, 0.3) is 0 Å². The summed E-state index contributed by atoms with van der Waals surface area (Å²) in [4.78, 5) is 13.9. The van der Waals surface area contributed by atoms with E-state index >= 15 is 0 Å². The molecular formula is C22H28Cl2N3O3S+. The summed E-state index contributed by atoms with van der Waals surface area (Å²) in [6.07, 6.45) is 0. The lowest BCUT2D eigenvalue weighted by Crippen LogP contribution is -3.15. The van der Waals surface area contributed by atoms with Crippen molar-refractivity contribution in [2.24, 2.45) is 0 Å².